The molecule has 1 aromatic carbocycles. The number of nitrogens with zero attached hydrogens (tertiary/aromatic N) is 3. The van der Waals surface area contributed by atoms with Crippen LogP contribution in [0.25, 0.3) is 0 Å². The zero-order valence-electron chi connectivity index (χ0n) is 21.5. The number of piperidine rings is 1. The number of ether oxygens (including phenoxy) is 1. The zero-order chi connectivity index (χ0) is 27.8. The SMILES string of the molecule is CCOC(=O)C1CCN(C(=O)[C@@H](C)N2CC3=C(C2=O)[C@@H](c2ccccc2C(F)(F)F)NC(=O)N3CC)CC1. The minimum absolute atomic E-state index is 0.0313. The van der Waals surface area contributed by atoms with Crippen molar-refractivity contribution in [2.24, 2.45) is 5.92 Å². The number of urea groups is 1. The monoisotopic (exact) mass is 536 g/mol. The lowest BCUT2D eigenvalue weighted by Crippen LogP contribution is -2.51. The van der Waals surface area contributed by atoms with Crippen LogP contribution in [0.2, 0.25) is 0 Å². The minimum atomic E-state index is -4.69. The average Bonchev–Trinajstić information content (AvgIpc) is 3.24. The number of hydrogen-bond acceptors (Lipinski definition) is 5. The Bertz CT molecular complexity index is 1160. The van der Waals surface area contributed by atoms with Crippen LogP contribution in [0.1, 0.15) is 50.8 Å². The number of hydrogen-bond donors (Lipinski definition) is 1. The molecule has 0 aromatic heterocycles. The van der Waals surface area contributed by atoms with Gasteiger partial charge < -0.3 is 19.9 Å². The lowest BCUT2D eigenvalue weighted by atomic mass is 9.91. The molecule has 38 heavy (non-hydrogen) atoms. The van der Waals surface area contributed by atoms with Crippen LogP contribution in [0.15, 0.2) is 35.5 Å². The van der Waals surface area contributed by atoms with E-state index in [1.54, 1.807) is 25.7 Å². The van der Waals surface area contributed by atoms with Crippen LogP contribution in [0, 0.1) is 5.92 Å². The Kier molecular flexibility index (Phi) is 7.70. The smallest absolute Gasteiger partial charge is 0.416 e. The van der Waals surface area contributed by atoms with E-state index in [0.29, 0.717) is 31.6 Å². The van der Waals surface area contributed by atoms with Crippen LogP contribution in [-0.2, 0) is 25.3 Å². The molecule has 4 rings (SSSR count). The summed E-state index contributed by atoms with van der Waals surface area (Å²) in [6.45, 7) is 6.05. The Morgan fingerprint density at radius 2 is 1.79 bits per heavy atom. The molecule has 12 heteroatoms. The second-order valence-electron chi connectivity index (χ2n) is 9.53. The van der Waals surface area contributed by atoms with Crippen LogP contribution < -0.4 is 5.32 Å². The molecule has 1 saturated heterocycles. The van der Waals surface area contributed by atoms with E-state index in [9.17, 15) is 32.3 Å². The zero-order valence-corrected chi connectivity index (χ0v) is 21.5. The van der Waals surface area contributed by atoms with Crippen molar-refractivity contribution in [3.05, 3.63) is 46.7 Å². The van der Waals surface area contributed by atoms with Gasteiger partial charge in [0, 0.05) is 19.6 Å². The lowest BCUT2D eigenvalue weighted by Gasteiger charge is -2.35. The first-order chi connectivity index (χ1) is 18.0. The predicted octanol–water partition coefficient (Wildman–Crippen LogP) is 3.08. The number of carbonyl (C=O) groups excluding carboxylic acids is 4. The van der Waals surface area contributed by atoms with E-state index >= 15 is 0 Å². The van der Waals surface area contributed by atoms with Crippen molar-refractivity contribution in [1.29, 1.82) is 0 Å². The van der Waals surface area contributed by atoms with Crippen molar-refractivity contribution in [3.63, 3.8) is 0 Å². The van der Waals surface area contributed by atoms with Gasteiger partial charge in [-0.2, -0.15) is 13.2 Å². The average molecular weight is 537 g/mol. The molecule has 3 aliphatic rings. The minimum Gasteiger partial charge on any atom is -0.466 e. The Morgan fingerprint density at radius 3 is 2.39 bits per heavy atom. The van der Waals surface area contributed by atoms with Gasteiger partial charge in [-0.05, 0) is 45.2 Å². The van der Waals surface area contributed by atoms with Crippen molar-refractivity contribution in [1.82, 2.24) is 20.0 Å². The van der Waals surface area contributed by atoms with Crippen LogP contribution in [0.3, 0.4) is 0 Å². The molecule has 1 N–H and O–H groups in total. The van der Waals surface area contributed by atoms with E-state index in [-0.39, 0.29) is 48.6 Å². The van der Waals surface area contributed by atoms with Crippen molar-refractivity contribution in [2.75, 3.05) is 32.8 Å². The molecule has 2 atom stereocenters. The molecule has 206 valence electrons. The fourth-order valence-corrected chi connectivity index (χ4v) is 5.39. The van der Waals surface area contributed by atoms with Crippen molar-refractivity contribution in [3.8, 4) is 0 Å². The van der Waals surface area contributed by atoms with Crippen molar-refractivity contribution < 1.29 is 37.1 Å². The number of amides is 4. The van der Waals surface area contributed by atoms with Gasteiger partial charge >= 0.3 is 18.2 Å². The third-order valence-electron chi connectivity index (χ3n) is 7.39. The number of alkyl halides is 3. The highest BCUT2D eigenvalue weighted by atomic mass is 19.4. The van der Waals surface area contributed by atoms with E-state index in [1.165, 1.54) is 28.0 Å². The van der Waals surface area contributed by atoms with Gasteiger partial charge in [-0.25, -0.2) is 4.79 Å². The second kappa shape index (κ2) is 10.7. The number of esters is 1. The first kappa shape index (κ1) is 27.5. The van der Waals surface area contributed by atoms with E-state index in [1.807, 2.05) is 0 Å². The number of likely N-dealkylation sites (N-methyl/N-ethyl adjacent to an activating group) is 1. The number of likely N-dealkylation sites (tertiary alicyclic amines) is 1. The standard InChI is InChI=1S/C26H31F3N4O5/c1-4-32-19-14-33(15(3)22(34)31-12-10-16(11-13-31)24(36)38-5-2)23(35)20(19)21(30-25(32)37)17-8-6-7-9-18(17)26(27,28)29/h6-9,15-16,21H,4-5,10-14H2,1-3H3,(H,30,37)/t15-,21-/m1/s1. The maximum Gasteiger partial charge on any atom is 0.416 e. The Balaban J connectivity index is 1.58. The van der Waals surface area contributed by atoms with Gasteiger partial charge in [-0.3, -0.25) is 19.3 Å². The number of benzene rings is 1. The summed E-state index contributed by atoms with van der Waals surface area (Å²) in [4.78, 5) is 56.1. The molecular formula is C26H31F3N4O5. The topological polar surface area (TPSA) is 99.3 Å². The highest BCUT2D eigenvalue weighted by Crippen LogP contribution is 2.42. The molecule has 1 fully saturated rings. The summed E-state index contributed by atoms with van der Waals surface area (Å²) >= 11 is 0. The fraction of sp³-hybridized carbons (Fsp3) is 0.538. The molecule has 0 spiro atoms. The molecule has 0 bridgehead atoms. The molecular weight excluding hydrogens is 505 g/mol. The summed E-state index contributed by atoms with van der Waals surface area (Å²) < 4.78 is 46.5. The van der Waals surface area contributed by atoms with E-state index in [0.717, 1.165) is 6.07 Å². The molecule has 0 saturated carbocycles. The Hall–Kier alpha value is -3.57. The summed E-state index contributed by atoms with van der Waals surface area (Å²) in [5, 5.41) is 2.57. The maximum absolute atomic E-state index is 13.8. The normalized spacial score (nSPS) is 21.4. The first-order valence-corrected chi connectivity index (χ1v) is 12.7. The maximum atomic E-state index is 13.8. The predicted molar refractivity (Wildman–Crippen MR) is 129 cm³/mol. The van der Waals surface area contributed by atoms with Gasteiger partial charge in [0.2, 0.25) is 5.91 Å². The number of nitrogens with one attached hydrogen (secondary N) is 1. The highest BCUT2D eigenvalue weighted by Gasteiger charge is 2.48. The largest absolute Gasteiger partial charge is 0.466 e. The summed E-state index contributed by atoms with van der Waals surface area (Å²) in [6.07, 6.45) is -3.80. The molecule has 4 amide bonds. The van der Waals surface area contributed by atoms with Crippen molar-refractivity contribution >= 4 is 23.8 Å². The summed E-state index contributed by atoms with van der Waals surface area (Å²) in [5.41, 5.74) is -0.846. The lowest BCUT2D eigenvalue weighted by molar-refractivity contribution is -0.152. The highest BCUT2D eigenvalue weighted by molar-refractivity contribution is 6.03. The number of rotatable bonds is 6. The number of carbonyl (C=O) groups is 4. The summed E-state index contributed by atoms with van der Waals surface area (Å²) in [7, 11) is 0. The first-order valence-electron chi connectivity index (χ1n) is 12.7. The number of halogens is 3. The van der Waals surface area contributed by atoms with Gasteiger partial charge in [0.1, 0.15) is 6.04 Å². The van der Waals surface area contributed by atoms with E-state index in [4.69, 9.17) is 4.74 Å². The molecule has 0 aliphatic carbocycles. The van der Waals surface area contributed by atoms with Crippen molar-refractivity contribution in [2.45, 2.75) is 51.9 Å². The third kappa shape index (κ3) is 4.95. The quantitative estimate of drug-likeness (QED) is 0.564. The van der Waals surface area contributed by atoms with Crippen LogP contribution in [0.5, 0.6) is 0 Å². The summed E-state index contributed by atoms with van der Waals surface area (Å²) in [6, 6.07) is 2.00. The van der Waals surface area contributed by atoms with Crippen LogP contribution >= 0.6 is 0 Å². The van der Waals surface area contributed by atoms with E-state index < -0.39 is 35.8 Å². The Labute approximate surface area is 218 Å². The van der Waals surface area contributed by atoms with Gasteiger partial charge in [-0.15, -0.1) is 0 Å². The second-order valence-corrected chi connectivity index (χ2v) is 9.53. The third-order valence-corrected chi connectivity index (χ3v) is 7.39. The molecule has 0 unspecified atom stereocenters. The molecule has 9 nitrogen and oxygen atoms in total. The molecule has 0 radical (unpaired) electrons. The fourth-order valence-electron chi connectivity index (χ4n) is 5.39. The summed E-state index contributed by atoms with van der Waals surface area (Å²) in [5.74, 6) is -1.50. The Morgan fingerprint density at radius 1 is 1.13 bits per heavy atom. The van der Waals surface area contributed by atoms with Crippen LogP contribution in [0.4, 0.5) is 18.0 Å². The van der Waals surface area contributed by atoms with Gasteiger partial charge in [0.25, 0.3) is 5.91 Å². The van der Waals surface area contributed by atoms with Gasteiger partial charge in [0.15, 0.2) is 0 Å². The molecule has 3 aliphatic heterocycles. The van der Waals surface area contributed by atoms with E-state index in [2.05, 4.69) is 5.32 Å². The molecule has 1 aromatic rings. The van der Waals surface area contributed by atoms with Gasteiger partial charge in [0.05, 0.1) is 41.9 Å². The molecule has 3 heterocycles. The van der Waals surface area contributed by atoms with Gasteiger partial charge in [-0.1, -0.05) is 18.2 Å². The van der Waals surface area contributed by atoms with Crippen LogP contribution in [-0.4, -0.2) is 77.3 Å².